The minimum atomic E-state index is -0.323. The number of benzene rings is 1. The Morgan fingerprint density at radius 2 is 1.93 bits per heavy atom. The molecule has 1 fully saturated rings. The number of aromatic amines is 1. The van der Waals surface area contributed by atoms with Crippen LogP contribution in [-0.2, 0) is 0 Å². The number of amides is 2. The molecule has 7 nitrogen and oxygen atoms in total. The summed E-state index contributed by atoms with van der Waals surface area (Å²) < 4.78 is 0. The number of aromatic nitrogens is 3. The van der Waals surface area contributed by atoms with Gasteiger partial charge in [0, 0.05) is 46.7 Å². The summed E-state index contributed by atoms with van der Waals surface area (Å²) in [5.41, 5.74) is 4.14. The Kier molecular flexibility index (Phi) is 4.48. The van der Waals surface area contributed by atoms with Gasteiger partial charge in [0.2, 0.25) is 0 Å². The summed E-state index contributed by atoms with van der Waals surface area (Å²) in [5, 5.41) is 6.83. The van der Waals surface area contributed by atoms with Gasteiger partial charge >= 0.3 is 0 Å². The highest BCUT2D eigenvalue weighted by Crippen LogP contribution is 2.29. The van der Waals surface area contributed by atoms with Crippen LogP contribution in [0.5, 0.6) is 0 Å². The number of nitrogens with one attached hydrogen (secondary N) is 3. The maximum absolute atomic E-state index is 12.7. The van der Waals surface area contributed by atoms with Crippen molar-refractivity contribution in [2.45, 2.75) is 18.9 Å². The second kappa shape index (κ2) is 7.44. The van der Waals surface area contributed by atoms with Gasteiger partial charge in [-0.1, -0.05) is 12.1 Å². The molecule has 1 saturated carbocycles. The van der Waals surface area contributed by atoms with Crippen LogP contribution in [0.15, 0.2) is 67.3 Å². The number of pyridine rings is 2. The number of fused-ring (bicyclic) bond motifs is 1. The minimum Gasteiger partial charge on any atom is -0.361 e. The van der Waals surface area contributed by atoms with E-state index in [0.29, 0.717) is 11.3 Å². The van der Waals surface area contributed by atoms with Crippen molar-refractivity contribution >= 4 is 28.4 Å². The number of rotatable bonds is 5. The average Bonchev–Trinajstić information content (AvgIpc) is 3.45. The molecule has 0 radical (unpaired) electrons. The third kappa shape index (κ3) is 3.65. The Bertz CT molecular complexity index is 1260. The molecule has 5 rings (SSSR count). The molecule has 3 aromatic heterocycles. The Morgan fingerprint density at radius 3 is 2.80 bits per heavy atom. The molecular weight excluding hydrogens is 378 g/mol. The van der Waals surface area contributed by atoms with Crippen LogP contribution in [0.4, 0.5) is 5.69 Å². The summed E-state index contributed by atoms with van der Waals surface area (Å²) in [7, 11) is 0. The van der Waals surface area contributed by atoms with Gasteiger partial charge in [-0.05, 0) is 48.7 Å². The van der Waals surface area contributed by atoms with Gasteiger partial charge in [-0.15, -0.1) is 0 Å². The maximum atomic E-state index is 12.7. The van der Waals surface area contributed by atoms with Crippen molar-refractivity contribution in [2.24, 2.45) is 0 Å². The van der Waals surface area contributed by atoms with Gasteiger partial charge in [0.15, 0.2) is 0 Å². The monoisotopic (exact) mass is 397 g/mol. The van der Waals surface area contributed by atoms with E-state index in [4.69, 9.17) is 0 Å². The van der Waals surface area contributed by atoms with E-state index in [1.165, 1.54) is 12.3 Å². The predicted molar refractivity (Wildman–Crippen MR) is 114 cm³/mol. The zero-order chi connectivity index (χ0) is 20.5. The molecule has 1 aromatic carbocycles. The molecule has 0 unspecified atom stereocenters. The number of carbonyl (C=O) groups is 2. The van der Waals surface area contributed by atoms with Crippen molar-refractivity contribution in [3.8, 4) is 11.1 Å². The Balaban J connectivity index is 1.37. The van der Waals surface area contributed by atoms with E-state index in [0.717, 1.165) is 34.9 Å². The first-order valence-electron chi connectivity index (χ1n) is 9.77. The van der Waals surface area contributed by atoms with E-state index < -0.39 is 0 Å². The Hall–Kier alpha value is -4.00. The van der Waals surface area contributed by atoms with Crippen LogP contribution in [0, 0.1) is 0 Å². The highest BCUT2D eigenvalue weighted by Gasteiger charge is 2.24. The molecule has 7 heteroatoms. The first-order chi connectivity index (χ1) is 14.7. The van der Waals surface area contributed by atoms with Gasteiger partial charge in [-0.2, -0.15) is 0 Å². The van der Waals surface area contributed by atoms with Crippen LogP contribution in [0.3, 0.4) is 0 Å². The average molecular weight is 397 g/mol. The fourth-order valence-electron chi connectivity index (χ4n) is 3.38. The second-order valence-corrected chi connectivity index (χ2v) is 7.34. The molecule has 1 aliphatic rings. The molecule has 3 N–H and O–H groups in total. The van der Waals surface area contributed by atoms with E-state index in [1.807, 2.05) is 36.5 Å². The first kappa shape index (κ1) is 18.1. The third-order valence-corrected chi connectivity index (χ3v) is 5.07. The van der Waals surface area contributed by atoms with Crippen LogP contribution in [0.25, 0.3) is 22.0 Å². The molecule has 148 valence electrons. The Labute approximate surface area is 172 Å². The molecule has 3 heterocycles. The van der Waals surface area contributed by atoms with Crippen LogP contribution >= 0.6 is 0 Å². The Morgan fingerprint density at radius 1 is 1.03 bits per heavy atom. The van der Waals surface area contributed by atoms with Crippen molar-refractivity contribution in [2.75, 3.05) is 5.32 Å². The van der Waals surface area contributed by atoms with Crippen molar-refractivity contribution in [3.05, 3.63) is 78.5 Å². The normalized spacial score (nSPS) is 13.2. The highest BCUT2D eigenvalue weighted by molar-refractivity contribution is 6.06. The van der Waals surface area contributed by atoms with Gasteiger partial charge in [0.05, 0.1) is 11.9 Å². The molecular formula is C23H19N5O2. The van der Waals surface area contributed by atoms with Gasteiger partial charge < -0.3 is 15.6 Å². The van der Waals surface area contributed by atoms with Crippen LogP contribution in [-0.4, -0.2) is 32.8 Å². The third-order valence-electron chi connectivity index (χ3n) is 5.07. The molecule has 0 spiro atoms. The van der Waals surface area contributed by atoms with Gasteiger partial charge in [0.1, 0.15) is 5.69 Å². The molecule has 1 aliphatic carbocycles. The lowest BCUT2D eigenvalue weighted by molar-refractivity contribution is 0.0946. The molecule has 0 aliphatic heterocycles. The minimum absolute atomic E-state index is 0.232. The summed E-state index contributed by atoms with van der Waals surface area (Å²) in [6.45, 7) is 0. The molecule has 2 amide bonds. The smallest absolute Gasteiger partial charge is 0.270 e. The second-order valence-electron chi connectivity index (χ2n) is 7.34. The number of carbonyl (C=O) groups excluding carboxylic acids is 2. The fourth-order valence-corrected chi connectivity index (χ4v) is 3.38. The number of anilines is 1. The molecule has 30 heavy (non-hydrogen) atoms. The van der Waals surface area contributed by atoms with Gasteiger partial charge in [-0.25, -0.2) is 0 Å². The maximum Gasteiger partial charge on any atom is 0.270 e. The molecule has 4 aromatic rings. The lowest BCUT2D eigenvalue weighted by Gasteiger charge is -2.09. The summed E-state index contributed by atoms with van der Waals surface area (Å²) in [4.78, 5) is 36.5. The van der Waals surface area contributed by atoms with E-state index in [1.54, 1.807) is 18.5 Å². The molecule has 0 saturated heterocycles. The zero-order valence-corrected chi connectivity index (χ0v) is 16.1. The van der Waals surface area contributed by atoms with E-state index >= 15 is 0 Å². The van der Waals surface area contributed by atoms with E-state index in [-0.39, 0.29) is 23.6 Å². The summed E-state index contributed by atoms with van der Waals surface area (Å²) in [6, 6.07) is 13.2. The van der Waals surface area contributed by atoms with Crippen LogP contribution in [0.2, 0.25) is 0 Å². The summed E-state index contributed by atoms with van der Waals surface area (Å²) in [6.07, 6.45) is 8.72. The number of hydrogen-bond donors (Lipinski definition) is 3. The lowest BCUT2D eigenvalue weighted by atomic mass is 10.0. The zero-order valence-electron chi connectivity index (χ0n) is 16.1. The van der Waals surface area contributed by atoms with Crippen LogP contribution in [0.1, 0.15) is 33.7 Å². The van der Waals surface area contributed by atoms with E-state index in [2.05, 4.69) is 25.6 Å². The molecule has 0 atom stereocenters. The fraction of sp³-hybridized carbons (Fsp3) is 0.130. The van der Waals surface area contributed by atoms with E-state index in [9.17, 15) is 9.59 Å². The summed E-state index contributed by atoms with van der Waals surface area (Å²) in [5.74, 6) is -0.577. The van der Waals surface area contributed by atoms with Crippen molar-refractivity contribution in [1.29, 1.82) is 0 Å². The predicted octanol–water partition coefficient (Wildman–Crippen LogP) is 3.77. The molecule has 0 bridgehead atoms. The largest absolute Gasteiger partial charge is 0.361 e. The highest BCUT2D eigenvalue weighted by atomic mass is 16.2. The van der Waals surface area contributed by atoms with Crippen LogP contribution < -0.4 is 10.6 Å². The lowest BCUT2D eigenvalue weighted by Crippen LogP contribution is -2.26. The standard InChI is InChI=1S/C23H19N5O2/c29-22(14-6-8-26-21(11-14)23(30)27-16-4-5-16)28-17-10-15(12-24-13-17)18-2-1-3-20-19(18)7-9-25-20/h1-3,6-13,16,25H,4-5H2,(H,27,30)(H,28,29). The topological polar surface area (TPSA) is 99.8 Å². The summed E-state index contributed by atoms with van der Waals surface area (Å²) >= 11 is 0. The van der Waals surface area contributed by atoms with Gasteiger partial charge in [0.25, 0.3) is 11.8 Å². The number of hydrogen-bond acceptors (Lipinski definition) is 4. The van der Waals surface area contributed by atoms with Crippen molar-refractivity contribution in [1.82, 2.24) is 20.3 Å². The SMILES string of the molecule is O=C(Nc1cncc(-c2cccc3[nH]ccc23)c1)c1ccnc(C(=O)NC2CC2)c1. The number of H-pyrrole nitrogens is 1. The number of nitrogens with zero attached hydrogens (tertiary/aromatic N) is 2. The first-order valence-corrected chi connectivity index (χ1v) is 9.77. The van der Waals surface area contributed by atoms with Crippen molar-refractivity contribution in [3.63, 3.8) is 0 Å². The van der Waals surface area contributed by atoms with Gasteiger partial charge in [-0.3, -0.25) is 19.6 Å². The quantitative estimate of drug-likeness (QED) is 0.477. The van der Waals surface area contributed by atoms with Crippen molar-refractivity contribution < 1.29 is 9.59 Å².